The SMILES string of the molecule is Cc1nn(-c2ccc(F)cc2)c(C)c1C(=O)OCC(=O)N(C)Cc1cccc(F)c1. The van der Waals surface area contributed by atoms with Gasteiger partial charge in [-0.1, -0.05) is 12.1 Å². The number of amides is 1. The molecule has 0 N–H and O–H groups in total. The fraction of sp³-hybridized carbons (Fsp3) is 0.227. The molecule has 30 heavy (non-hydrogen) atoms. The van der Waals surface area contributed by atoms with Gasteiger partial charge < -0.3 is 9.64 Å². The highest BCUT2D eigenvalue weighted by Gasteiger charge is 2.22. The first-order valence-electron chi connectivity index (χ1n) is 9.24. The van der Waals surface area contributed by atoms with Gasteiger partial charge in [0.05, 0.1) is 17.1 Å². The second-order valence-electron chi connectivity index (χ2n) is 6.89. The predicted octanol–water partition coefficient (Wildman–Crippen LogP) is 3.58. The Morgan fingerprint density at radius 1 is 1.07 bits per heavy atom. The lowest BCUT2D eigenvalue weighted by molar-refractivity contribution is -0.133. The summed E-state index contributed by atoms with van der Waals surface area (Å²) in [6.07, 6.45) is 0. The van der Waals surface area contributed by atoms with E-state index in [0.29, 0.717) is 22.6 Å². The van der Waals surface area contributed by atoms with Crippen molar-refractivity contribution in [1.82, 2.24) is 14.7 Å². The number of carbonyl (C=O) groups is 2. The summed E-state index contributed by atoms with van der Waals surface area (Å²) < 4.78 is 33.1. The molecule has 0 aliphatic carbocycles. The maximum absolute atomic E-state index is 13.3. The summed E-state index contributed by atoms with van der Waals surface area (Å²) in [5, 5.41) is 4.32. The second-order valence-corrected chi connectivity index (χ2v) is 6.89. The van der Waals surface area contributed by atoms with Crippen LogP contribution in [-0.2, 0) is 16.1 Å². The molecule has 1 aromatic heterocycles. The van der Waals surface area contributed by atoms with Gasteiger partial charge in [-0.05, 0) is 55.8 Å². The van der Waals surface area contributed by atoms with Crippen molar-refractivity contribution in [2.45, 2.75) is 20.4 Å². The number of hydrogen-bond acceptors (Lipinski definition) is 4. The van der Waals surface area contributed by atoms with E-state index >= 15 is 0 Å². The van der Waals surface area contributed by atoms with Gasteiger partial charge in [-0.2, -0.15) is 5.10 Å². The van der Waals surface area contributed by atoms with Crippen LogP contribution in [0.1, 0.15) is 27.3 Å². The van der Waals surface area contributed by atoms with Crippen molar-refractivity contribution >= 4 is 11.9 Å². The highest BCUT2D eigenvalue weighted by molar-refractivity contribution is 5.93. The number of likely N-dealkylation sites (N-methyl/N-ethyl adjacent to an activating group) is 1. The lowest BCUT2D eigenvalue weighted by Gasteiger charge is -2.17. The van der Waals surface area contributed by atoms with Crippen molar-refractivity contribution in [3.63, 3.8) is 0 Å². The molecule has 156 valence electrons. The molecule has 1 heterocycles. The van der Waals surface area contributed by atoms with Crippen molar-refractivity contribution in [3.8, 4) is 5.69 Å². The maximum Gasteiger partial charge on any atom is 0.342 e. The van der Waals surface area contributed by atoms with Crippen LogP contribution >= 0.6 is 0 Å². The summed E-state index contributed by atoms with van der Waals surface area (Å²) in [5.41, 5.74) is 2.43. The molecule has 0 spiro atoms. The number of aromatic nitrogens is 2. The number of nitrogens with zero attached hydrogens (tertiary/aromatic N) is 3. The summed E-state index contributed by atoms with van der Waals surface area (Å²) >= 11 is 0. The first-order chi connectivity index (χ1) is 14.3. The third-order valence-corrected chi connectivity index (χ3v) is 4.63. The first-order valence-corrected chi connectivity index (χ1v) is 9.24. The standard InChI is InChI=1S/C22H21F2N3O3/c1-14-21(15(2)27(25-14)19-9-7-17(23)8-10-19)22(29)30-13-20(28)26(3)12-16-5-4-6-18(24)11-16/h4-11H,12-13H2,1-3H3. The molecular formula is C22H21F2N3O3. The van der Waals surface area contributed by atoms with Crippen molar-refractivity contribution in [1.29, 1.82) is 0 Å². The van der Waals surface area contributed by atoms with Gasteiger partial charge in [0.15, 0.2) is 6.61 Å². The van der Waals surface area contributed by atoms with Crippen molar-refractivity contribution in [3.05, 3.63) is 82.7 Å². The van der Waals surface area contributed by atoms with E-state index in [4.69, 9.17) is 4.74 Å². The molecular weight excluding hydrogens is 392 g/mol. The van der Waals surface area contributed by atoms with E-state index in [1.54, 1.807) is 45.2 Å². The van der Waals surface area contributed by atoms with E-state index in [9.17, 15) is 18.4 Å². The maximum atomic E-state index is 13.3. The largest absolute Gasteiger partial charge is 0.452 e. The van der Waals surface area contributed by atoms with Crippen molar-refractivity contribution in [2.75, 3.05) is 13.7 Å². The summed E-state index contributed by atoms with van der Waals surface area (Å²) in [6.45, 7) is 3.08. The quantitative estimate of drug-likeness (QED) is 0.580. The Balaban J connectivity index is 1.66. The van der Waals surface area contributed by atoms with Crippen LogP contribution in [0.15, 0.2) is 48.5 Å². The van der Waals surface area contributed by atoms with E-state index < -0.39 is 18.5 Å². The highest BCUT2D eigenvalue weighted by atomic mass is 19.1. The van der Waals surface area contributed by atoms with Gasteiger partial charge >= 0.3 is 5.97 Å². The van der Waals surface area contributed by atoms with Crippen molar-refractivity contribution < 1.29 is 23.1 Å². The molecule has 6 nitrogen and oxygen atoms in total. The zero-order chi connectivity index (χ0) is 21.8. The second kappa shape index (κ2) is 8.86. The third kappa shape index (κ3) is 4.71. The van der Waals surface area contributed by atoms with Crippen LogP contribution < -0.4 is 0 Å². The average molecular weight is 413 g/mol. The normalized spacial score (nSPS) is 10.7. The number of hydrogen-bond donors (Lipinski definition) is 0. The Morgan fingerprint density at radius 3 is 2.43 bits per heavy atom. The van der Waals surface area contributed by atoms with E-state index in [2.05, 4.69) is 5.10 Å². The number of rotatable bonds is 6. The fourth-order valence-corrected chi connectivity index (χ4v) is 3.08. The Bertz CT molecular complexity index is 1080. The topological polar surface area (TPSA) is 64.4 Å². The molecule has 0 atom stereocenters. The summed E-state index contributed by atoms with van der Waals surface area (Å²) in [5.74, 6) is -1.86. The van der Waals surface area contributed by atoms with Crippen LogP contribution in [0.3, 0.4) is 0 Å². The smallest absolute Gasteiger partial charge is 0.342 e. The molecule has 0 fully saturated rings. The Morgan fingerprint density at radius 2 is 1.77 bits per heavy atom. The van der Waals surface area contributed by atoms with Crippen molar-refractivity contribution in [2.24, 2.45) is 0 Å². The van der Waals surface area contributed by atoms with Crippen LogP contribution in [-0.4, -0.2) is 40.2 Å². The van der Waals surface area contributed by atoms with Crippen LogP contribution in [0.25, 0.3) is 5.69 Å². The van der Waals surface area contributed by atoms with E-state index in [0.717, 1.165) is 0 Å². The van der Waals surface area contributed by atoms with Gasteiger partial charge in [0.2, 0.25) is 0 Å². The number of benzene rings is 2. The van der Waals surface area contributed by atoms with E-state index in [1.165, 1.54) is 33.8 Å². The third-order valence-electron chi connectivity index (χ3n) is 4.63. The Hall–Kier alpha value is -3.55. The van der Waals surface area contributed by atoms with Gasteiger partial charge in [0.25, 0.3) is 5.91 Å². The predicted molar refractivity (Wildman–Crippen MR) is 106 cm³/mol. The van der Waals surface area contributed by atoms with Gasteiger partial charge in [0, 0.05) is 13.6 Å². The van der Waals surface area contributed by atoms with Crippen LogP contribution in [0.2, 0.25) is 0 Å². The molecule has 0 bridgehead atoms. The number of esters is 1. The summed E-state index contributed by atoms with van der Waals surface area (Å²) in [7, 11) is 1.55. The first kappa shape index (κ1) is 21.2. The van der Waals surface area contributed by atoms with Gasteiger partial charge in [-0.15, -0.1) is 0 Å². The molecule has 0 saturated carbocycles. The van der Waals surface area contributed by atoms with E-state index in [-0.39, 0.29) is 23.7 Å². The molecule has 0 aliphatic heterocycles. The highest BCUT2D eigenvalue weighted by Crippen LogP contribution is 2.19. The molecule has 2 aromatic carbocycles. The summed E-state index contributed by atoms with van der Waals surface area (Å²) in [6, 6.07) is 11.6. The molecule has 0 unspecified atom stereocenters. The molecule has 0 aliphatic rings. The van der Waals surface area contributed by atoms with Crippen LogP contribution in [0, 0.1) is 25.5 Å². The number of ether oxygens (including phenoxy) is 1. The molecule has 1 amide bonds. The Kier molecular flexibility index (Phi) is 6.25. The monoisotopic (exact) mass is 413 g/mol. The zero-order valence-corrected chi connectivity index (χ0v) is 16.9. The molecule has 3 rings (SSSR count). The average Bonchev–Trinajstić information content (AvgIpc) is 3.00. The molecule has 8 heteroatoms. The van der Waals surface area contributed by atoms with E-state index in [1.807, 2.05) is 0 Å². The zero-order valence-electron chi connectivity index (χ0n) is 16.9. The minimum atomic E-state index is -0.675. The lowest BCUT2D eigenvalue weighted by Crippen LogP contribution is -2.31. The Labute approximate surface area is 172 Å². The van der Waals surface area contributed by atoms with Gasteiger partial charge in [-0.3, -0.25) is 4.79 Å². The number of halogens is 2. The number of aryl methyl sites for hydroxylation is 1. The molecule has 0 radical (unpaired) electrons. The minimum absolute atomic E-state index is 0.189. The van der Waals surface area contributed by atoms with Crippen LogP contribution in [0.5, 0.6) is 0 Å². The fourth-order valence-electron chi connectivity index (χ4n) is 3.08. The van der Waals surface area contributed by atoms with Crippen LogP contribution in [0.4, 0.5) is 8.78 Å². The van der Waals surface area contributed by atoms with Gasteiger partial charge in [0.1, 0.15) is 17.2 Å². The molecule has 3 aromatic rings. The van der Waals surface area contributed by atoms with Gasteiger partial charge in [-0.25, -0.2) is 18.3 Å². The minimum Gasteiger partial charge on any atom is -0.452 e. The molecule has 0 saturated heterocycles. The number of carbonyl (C=O) groups excluding carboxylic acids is 2. The lowest BCUT2D eigenvalue weighted by atomic mass is 10.2. The summed E-state index contributed by atoms with van der Waals surface area (Å²) in [4.78, 5) is 26.2.